The first-order valence-corrected chi connectivity index (χ1v) is 4.40. The van der Waals surface area contributed by atoms with E-state index < -0.39 is 5.97 Å². The highest BCUT2D eigenvalue weighted by molar-refractivity contribution is 5.87. The summed E-state index contributed by atoms with van der Waals surface area (Å²) < 4.78 is 0. The van der Waals surface area contributed by atoms with Gasteiger partial charge in [0.15, 0.2) is 0 Å². The van der Waals surface area contributed by atoms with E-state index in [0.717, 1.165) is 0 Å². The molecular formula is C10H18O3. The molecule has 0 aliphatic heterocycles. The Morgan fingerprint density at radius 1 is 1.38 bits per heavy atom. The van der Waals surface area contributed by atoms with Gasteiger partial charge in [-0.2, -0.15) is 4.89 Å². The summed E-state index contributed by atoms with van der Waals surface area (Å²) in [7, 11) is 0. The summed E-state index contributed by atoms with van der Waals surface area (Å²) in [6, 6.07) is 0. The number of allylic oxidation sites excluding steroid dienone is 1. The molecule has 3 nitrogen and oxygen atoms in total. The maximum absolute atomic E-state index is 11.2. The number of hydrogen-bond acceptors (Lipinski definition) is 3. The molecule has 0 aromatic heterocycles. The van der Waals surface area contributed by atoms with Crippen molar-refractivity contribution in [3.05, 3.63) is 11.6 Å². The smallest absolute Gasteiger partial charge is 0.293 e. The van der Waals surface area contributed by atoms with Crippen molar-refractivity contribution in [2.75, 3.05) is 6.61 Å². The van der Waals surface area contributed by atoms with Crippen molar-refractivity contribution in [3.63, 3.8) is 0 Å². The summed E-state index contributed by atoms with van der Waals surface area (Å²) in [5.41, 5.74) is 0.552. The minimum Gasteiger partial charge on any atom is -0.293 e. The topological polar surface area (TPSA) is 35.5 Å². The number of carbonyl (C=O) groups is 1. The molecule has 0 heterocycles. The quantitative estimate of drug-likeness (QED) is 0.386. The van der Waals surface area contributed by atoms with Gasteiger partial charge >= 0.3 is 5.97 Å². The van der Waals surface area contributed by atoms with Crippen molar-refractivity contribution in [2.45, 2.75) is 34.6 Å². The summed E-state index contributed by atoms with van der Waals surface area (Å²) in [6.45, 7) is 9.90. The van der Waals surface area contributed by atoms with Gasteiger partial charge in [0, 0.05) is 5.57 Å². The van der Waals surface area contributed by atoms with Crippen LogP contribution in [0.5, 0.6) is 0 Å². The van der Waals surface area contributed by atoms with Gasteiger partial charge in [-0.15, -0.1) is 0 Å². The van der Waals surface area contributed by atoms with Crippen molar-refractivity contribution in [2.24, 2.45) is 5.41 Å². The Bertz CT molecular complexity index is 199. The number of hydrogen-bond donors (Lipinski definition) is 0. The van der Waals surface area contributed by atoms with Crippen molar-refractivity contribution in [1.82, 2.24) is 0 Å². The highest BCUT2D eigenvalue weighted by Gasteiger charge is 2.12. The first-order valence-electron chi connectivity index (χ1n) is 4.40. The van der Waals surface area contributed by atoms with Crippen LogP contribution in [0.2, 0.25) is 0 Å². The zero-order chi connectivity index (χ0) is 10.5. The van der Waals surface area contributed by atoms with E-state index in [-0.39, 0.29) is 5.41 Å². The first-order chi connectivity index (χ1) is 5.87. The van der Waals surface area contributed by atoms with Gasteiger partial charge in [-0.05, 0) is 19.3 Å². The van der Waals surface area contributed by atoms with E-state index in [1.54, 1.807) is 13.8 Å². The van der Waals surface area contributed by atoms with Crippen LogP contribution in [-0.2, 0) is 14.6 Å². The van der Waals surface area contributed by atoms with Crippen molar-refractivity contribution < 1.29 is 14.6 Å². The van der Waals surface area contributed by atoms with E-state index in [4.69, 9.17) is 0 Å². The predicted molar refractivity (Wildman–Crippen MR) is 50.9 cm³/mol. The molecule has 0 radical (unpaired) electrons. The van der Waals surface area contributed by atoms with Crippen LogP contribution in [-0.4, -0.2) is 12.6 Å². The van der Waals surface area contributed by atoms with Gasteiger partial charge in [0.05, 0.1) is 6.61 Å². The molecule has 0 atom stereocenters. The molecule has 0 rings (SSSR count). The highest BCUT2D eigenvalue weighted by atomic mass is 17.2. The van der Waals surface area contributed by atoms with Crippen molar-refractivity contribution >= 4 is 5.97 Å². The average molecular weight is 186 g/mol. The normalized spacial score (nSPS) is 12.8. The molecule has 0 saturated carbocycles. The van der Waals surface area contributed by atoms with Crippen molar-refractivity contribution in [1.29, 1.82) is 0 Å². The first kappa shape index (κ1) is 12.2. The molecule has 13 heavy (non-hydrogen) atoms. The lowest BCUT2D eigenvalue weighted by Gasteiger charge is -2.13. The number of carbonyl (C=O) groups excluding carboxylic acids is 1. The van der Waals surface area contributed by atoms with Gasteiger partial charge in [0.25, 0.3) is 0 Å². The van der Waals surface area contributed by atoms with E-state index >= 15 is 0 Å². The summed E-state index contributed by atoms with van der Waals surface area (Å²) in [5, 5.41) is 0. The van der Waals surface area contributed by atoms with Gasteiger partial charge in [-0.1, -0.05) is 26.8 Å². The monoisotopic (exact) mass is 186 g/mol. The van der Waals surface area contributed by atoms with Gasteiger partial charge in [0.1, 0.15) is 0 Å². The average Bonchev–Trinajstić information content (AvgIpc) is 1.96. The molecule has 0 unspecified atom stereocenters. The zero-order valence-electron chi connectivity index (χ0n) is 9.01. The van der Waals surface area contributed by atoms with Gasteiger partial charge in [0.2, 0.25) is 0 Å². The molecule has 0 bridgehead atoms. The van der Waals surface area contributed by atoms with Crippen LogP contribution in [0.1, 0.15) is 34.6 Å². The molecule has 0 aromatic rings. The van der Waals surface area contributed by atoms with Crippen LogP contribution in [0.3, 0.4) is 0 Å². The minimum atomic E-state index is -0.420. The van der Waals surface area contributed by atoms with Crippen molar-refractivity contribution in [3.8, 4) is 0 Å². The van der Waals surface area contributed by atoms with Crippen LogP contribution in [0.4, 0.5) is 0 Å². The molecule has 0 N–H and O–H groups in total. The molecule has 0 aliphatic rings. The fourth-order valence-electron chi connectivity index (χ4n) is 0.887. The Morgan fingerprint density at radius 2 is 1.92 bits per heavy atom. The fraction of sp³-hybridized carbons (Fsp3) is 0.700. The molecular weight excluding hydrogens is 168 g/mol. The van der Waals surface area contributed by atoms with E-state index in [0.29, 0.717) is 12.2 Å². The van der Waals surface area contributed by atoms with Crippen LogP contribution in [0.25, 0.3) is 0 Å². The molecule has 3 heteroatoms. The second kappa shape index (κ2) is 5.02. The van der Waals surface area contributed by atoms with Crippen LogP contribution < -0.4 is 0 Å². The van der Waals surface area contributed by atoms with E-state index in [9.17, 15) is 4.79 Å². The molecule has 0 aromatic carbocycles. The summed E-state index contributed by atoms with van der Waals surface area (Å²) >= 11 is 0. The molecule has 0 saturated heterocycles. The fourth-order valence-corrected chi connectivity index (χ4v) is 0.887. The molecule has 0 amide bonds. The third-order valence-corrected chi connectivity index (χ3v) is 1.22. The third-order valence-electron chi connectivity index (χ3n) is 1.22. The van der Waals surface area contributed by atoms with Gasteiger partial charge in [-0.25, -0.2) is 4.79 Å². The molecule has 0 spiro atoms. The van der Waals surface area contributed by atoms with E-state index in [1.165, 1.54) is 0 Å². The minimum absolute atomic E-state index is 0.0185. The Hall–Kier alpha value is -0.830. The summed E-state index contributed by atoms with van der Waals surface area (Å²) in [4.78, 5) is 20.2. The number of rotatable bonds is 3. The lowest BCUT2D eigenvalue weighted by atomic mass is 9.94. The Morgan fingerprint density at radius 3 is 2.31 bits per heavy atom. The summed E-state index contributed by atoms with van der Waals surface area (Å²) in [6.07, 6.45) is 1.86. The summed E-state index contributed by atoms with van der Waals surface area (Å²) in [5.74, 6) is -0.420. The van der Waals surface area contributed by atoms with Gasteiger partial charge in [-0.3, -0.25) is 4.89 Å². The maximum atomic E-state index is 11.2. The highest BCUT2D eigenvalue weighted by Crippen LogP contribution is 2.17. The zero-order valence-corrected chi connectivity index (χ0v) is 9.01. The molecule has 0 aliphatic carbocycles. The second-order valence-corrected chi connectivity index (χ2v) is 3.97. The molecule has 76 valence electrons. The molecule has 0 fully saturated rings. The Labute approximate surface area is 79.7 Å². The van der Waals surface area contributed by atoms with Crippen LogP contribution in [0.15, 0.2) is 11.6 Å². The Kier molecular flexibility index (Phi) is 4.70. The third kappa shape index (κ3) is 6.34. The lowest BCUT2D eigenvalue weighted by Crippen LogP contribution is -2.10. The SMILES string of the molecule is CCOOC(=O)/C(C)=C\C(C)(C)C. The van der Waals surface area contributed by atoms with Crippen LogP contribution in [0, 0.1) is 5.41 Å². The van der Waals surface area contributed by atoms with E-state index in [1.807, 2.05) is 26.8 Å². The predicted octanol–water partition coefficient (Wildman–Crippen LogP) is 2.47. The Balaban J connectivity index is 4.17. The standard InChI is InChI=1S/C10H18O3/c1-6-12-13-9(11)8(2)7-10(3,4)5/h7H,6H2,1-5H3/b8-7-. The maximum Gasteiger partial charge on any atom is 0.368 e. The van der Waals surface area contributed by atoms with Gasteiger partial charge < -0.3 is 0 Å². The van der Waals surface area contributed by atoms with E-state index in [2.05, 4.69) is 9.78 Å². The van der Waals surface area contributed by atoms with Crippen LogP contribution >= 0.6 is 0 Å². The second-order valence-electron chi connectivity index (χ2n) is 3.97. The largest absolute Gasteiger partial charge is 0.368 e. The lowest BCUT2D eigenvalue weighted by molar-refractivity contribution is -0.265.